The minimum atomic E-state index is -0.497. The number of β-amino-alcohol motifs (C(OH)–C–C–N with tert-alkyl or cyclic N) is 1. The summed E-state index contributed by atoms with van der Waals surface area (Å²) in [5, 5.41) is 17.4. The summed E-state index contributed by atoms with van der Waals surface area (Å²) in [6, 6.07) is 10.2. The highest BCUT2D eigenvalue weighted by Crippen LogP contribution is 2.30. The molecule has 2 atom stereocenters. The lowest BCUT2D eigenvalue weighted by atomic mass is 10.1. The topological polar surface area (TPSA) is 61.4 Å². The third kappa shape index (κ3) is 3.48. The van der Waals surface area contributed by atoms with Gasteiger partial charge in [-0.25, -0.2) is 0 Å². The van der Waals surface area contributed by atoms with Crippen molar-refractivity contribution in [3.05, 3.63) is 47.8 Å². The van der Waals surface area contributed by atoms with Crippen LogP contribution in [0.2, 0.25) is 0 Å². The molecule has 1 aliphatic heterocycles. The summed E-state index contributed by atoms with van der Waals surface area (Å²) >= 11 is 0. The summed E-state index contributed by atoms with van der Waals surface area (Å²) in [7, 11) is 0. The minimum absolute atomic E-state index is 0.317. The van der Waals surface area contributed by atoms with Crippen LogP contribution in [0.4, 0.5) is 0 Å². The van der Waals surface area contributed by atoms with Crippen molar-refractivity contribution in [3.8, 4) is 5.75 Å². The van der Waals surface area contributed by atoms with Gasteiger partial charge in [-0.05, 0) is 44.0 Å². The van der Waals surface area contributed by atoms with Crippen LogP contribution in [0.25, 0.3) is 0 Å². The Morgan fingerprint density at radius 1 is 1.41 bits per heavy atom. The number of benzene rings is 1. The second-order valence-electron chi connectivity index (χ2n) is 5.90. The number of nitrogens with one attached hydrogen (secondary N) is 1. The Kier molecular flexibility index (Phi) is 4.75. The van der Waals surface area contributed by atoms with Crippen LogP contribution < -0.4 is 4.74 Å². The summed E-state index contributed by atoms with van der Waals surface area (Å²) in [6.45, 7) is 3.95. The molecule has 0 aliphatic carbocycles. The molecule has 2 aromatic rings. The molecule has 2 N–H and O–H groups in total. The first kappa shape index (κ1) is 15.1. The fraction of sp³-hybridized carbons (Fsp3) is 0.471. The van der Waals surface area contributed by atoms with Gasteiger partial charge in [0.05, 0.1) is 11.7 Å². The molecule has 2 heterocycles. The molecule has 3 rings (SSSR count). The Morgan fingerprint density at radius 3 is 3.05 bits per heavy atom. The van der Waals surface area contributed by atoms with Gasteiger partial charge in [-0.3, -0.25) is 10.00 Å². The summed E-state index contributed by atoms with van der Waals surface area (Å²) in [5.74, 6) is 0.841. The summed E-state index contributed by atoms with van der Waals surface area (Å²) in [4.78, 5) is 2.30. The number of likely N-dealkylation sites (tertiary alicyclic amines) is 1. The summed E-state index contributed by atoms with van der Waals surface area (Å²) < 4.78 is 5.74. The van der Waals surface area contributed by atoms with Crippen LogP contribution in [-0.4, -0.2) is 46.0 Å². The lowest BCUT2D eigenvalue weighted by Gasteiger charge is -2.26. The van der Waals surface area contributed by atoms with Gasteiger partial charge in [-0.15, -0.1) is 0 Å². The van der Waals surface area contributed by atoms with E-state index in [2.05, 4.69) is 15.1 Å². The van der Waals surface area contributed by atoms with Crippen LogP contribution in [-0.2, 0) is 0 Å². The first-order chi connectivity index (χ1) is 10.7. The van der Waals surface area contributed by atoms with Crippen molar-refractivity contribution in [3.63, 3.8) is 0 Å². The molecule has 1 aromatic carbocycles. The van der Waals surface area contributed by atoms with E-state index in [1.807, 2.05) is 37.3 Å². The molecule has 5 nitrogen and oxygen atoms in total. The highest BCUT2D eigenvalue weighted by molar-refractivity contribution is 5.31. The van der Waals surface area contributed by atoms with E-state index >= 15 is 0 Å². The Morgan fingerprint density at radius 2 is 2.27 bits per heavy atom. The monoisotopic (exact) mass is 301 g/mol. The number of hydrogen-bond donors (Lipinski definition) is 2. The van der Waals surface area contributed by atoms with E-state index in [-0.39, 0.29) is 0 Å². The van der Waals surface area contributed by atoms with E-state index in [0.29, 0.717) is 19.2 Å². The predicted octanol–water partition coefficient (Wildman–Crippen LogP) is 2.29. The van der Waals surface area contributed by atoms with Crippen LogP contribution in [0.3, 0.4) is 0 Å². The number of para-hydroxylation sites is 1. The Bertz CT molecular complexity index is 585. The Hall–Kier alpha value is -1.85. The van der Waals surface area contributed by atoms with Gasteiger partial charge in [-0.2, -0.15) is 5.10 Å². The maximum atomic E-state index is 10.3. The zero-order valence-corrected chi connectivity index (χ0v) is 12.9. The van der Waals surface area contributed by atoms with Crippen LogP contribution in [0.5, 0.6) is 5.75 Å². The van der Waals surface area contributed by atoms with Crippen molar-refractivity contribution in [2.24, 2.45) is 0 Å². The lowest BCUT2D eigenvalue weighted by molar-refractivity contribution is 0.0631. The van der Waals surface area contributed by atoms with Crippen LogP contribution in [0, 0.1) is 6.92 Å². The minimum Gasteiger partial charge on any atom is -0.491 e. The number of rotatable bonds is 6. The zero-order chi connectivity index (χ0) is 15.4. The molecule has 1 fully saturated rings. The lowest BCUT2D eigenvalue weighted by Crippen LogP contribution is -2.35. The third-order valence-electron chi connectivity index (χ3n) is 4.22. The van der Waals surface area contributed by atoms with Gasteiger partial charge in [0, 0.05) is 12.7 Å². The molecule has 0 radical (unpaired) electrons. The molecule has 0 amide bonds. The molecule has 0 bridgehead atoms. The van der Waals surface area contributed by atoms with Gasteiger partial charge in [0.2, 0.25) is 0 Å². The standard InChI is InChI=1S/C17H23N3O2/c1-13-5-2-3-7-17(13)22-12-14(21)11-20-10-4-6-16(20)15-8-9-18-19-15/h2-3,5,7-9,14,16,21H,4,6,10-12H2,1H3,(H,18,19). The number of aromatic amines is 1. The molecule has 22 heavy (non-hydrogen) atoms. The summed E-state index contributed by atoms with van der Waals surface area (Å²) in [6.07, 6.45) is 3.54. The Balaban J connectivity index is 1.53. The molecule has 1 aliphatic rings. The molecular weight excluding hydrogens is 278 g/mol. The van der Waals surface area contributed by atoms with E-state index < -0.39 is 6.10 Å². The second kappa shape index (κ2) is 6.94. The number of H-pyrrole nitrogens is 1. The molecule has 0 saturated carbocycles. The Labute approximate surface area is 130 Å². The molecular formula is C17H23N3O2. The number of aliphatic hydroxyl groups excluding tert-OH is 1. The molecule has 5 heteroatoms. The number of nitrogens with zero attached hydrogens (tertiary/aromatic N) is 2. The van der Waals surface area contributed by atoms with Crippen molar-refractivity contribution in [2.45, 2.75) is 31.9 Å². The fourth-order valence-electron chi connectivity index (χ4n) is 3.08. The molecule has 118 valence electrons. The zero-order valence-electron chi connectivity index (χ0n) is 12.9. The van der Waals surface area contributed by atoms with Crippen LogP contribution >= 0.6 is 0 Å². The highest BCUT2D eigenvalue weighted by Gasteiger charge is 2.28. The number of ether oxygens (including phenoxy) is 1. The highest BCUT2D eigenvalue weighted by atomic mass is 16.5. The van der Waals surface area contributed by atoms with E-state index in [4.69, 9.17) is 4.74 Å². The molecule has 0 spiro atoms. The van der Waals surface area contributed by atoms with Crippen LogP contribution in [0.15, 0.2) is 36.5 Å². The average Bonchev–Trinajstić information content (AvgIpc) is 3.17. The number of aliphatic hydroxyl groups is 1. The average molecular weight is 301 g/mol. The third-order valence-corrected chi connectivity index (χ3v) is 4.22. The quantitative estimate of drug-likeness (QED) is 0.859. The molecule has 1 aromatic heterocycles. The first-order valence-corrected chi connectivity index (χ1v) is 7.84. The van der Waals surface area contributed by atoms with E-state index in [1.165, 1.54) is 0 Å². The predicted molar refractivity (Wildman–Crippen MR) is 84.8 cm³/mol. The van der Waals surface area contributed by atoms with Gasteiger partial charge in [0.1, 0.15) is 18.5 Å². The van der Waals surface area contributed by atoms with Gasteiger partial charge in [0.25, 0.3) is 0 Å². The SMILES string of the molecule is Cc1ccccc1OCC(O)CN1CCCC1c1ccn[nH]1. The van der Waals surface area contributed by atoms with Crippen molar-refractivity contribution < 1.29 is 9.84 Å². The fourth-order valence-corrected chi connectivity index (χ4v) is 3.08. The smallest absolute Gasteiger partial charge is 0.122 e. The van der Waals surface area contributed by atoms with Gasteiger partial charge in [-0.1, -0.05) is 18.2 Å². The second-order valence-corrected chi connectivity index (χ2v) is 5.90. The maximum absolute atomic E-state index is 10.3. The first-order valence-electron chi connectivity index (χ1n) is 7.84. The van der Waals surface area contributed by atoms with Crippen molar-refractivity contribution >= 4 is 0 Å². The largest absolute Gasteiger partial charge is 0.491 e. The maximum Gasteiger partial charge on any atom is 0.122 e. The number of aromatic nitrogens is 2. The normalized spacial score (nSPS) is 20.2. The molecule has 2 unspecified atom stereocenters. The van der Waals surface area contributed by atoms with Crippen molar-refractivity contribution in [1.82, 2.24) is 15.1 Å². The van der Waals surface area contributed by atoms with Crippen molar-refractivity contribution in [2.75, 3.05) is 19.7 Å². The number of hydrogen-bond acceptors (Lipinski definition) is 4. The van der Waals surface area contributed by atoms with E-state index in [1.54, 1.807) is 6.20 Å². The molecule has 1 saturated heterocycles. The number of aryl methyl sites for hydroxylation is 1. The van der Waals surface area contributed by atoms with Gasteiger partial charge in [0.15, 0.2) is 0 Å². The van der Waals surface area contributed by atoms with Crippen molar-refractivity contribution in [1.29, 1.82) is 0 Å². The van der Waals surface area contributed by atoms with E-state index in [0.717, 1.165) is 36.4 Å². The summed E-state index contributed by atoms with van der Waals surface area (Å²) in [5.41, 5.74) is 2.22. The van der Waals surface area contributed by atoms with Gasteiger partial charge >= 0.3 is 0 Å². The van der Waals surface area contributed by atoms with Gasteiger partial charge < -0.3 is 9.84 Å². The van der Waals surface area contributed by atoms with E-state index in [9.17, 15) is 5.11 Å². The van der Waals surface area contributed by atoms with Crippen LogP contribution in [0.1, 0.15) is 30.1 Å².